The van der Waals surface area contributed by atoms with E-state index >= 15 is 0 Å². The van der Waals surface area contributed by atoms with Crippen LogP contribution in [0.3, 0.4) is 0 Å². The first kappa shape index (κ1) is 23.3. The van der Waals surface area contributed by atoms with Gasteiger partial charge in [-0.05, 0) is 34.6 Å². The number of aliphatic carboxylic acids is 1. The number of nitrogens with two attached hydrogens (primary N) is 1. The van der Waals surface area contributed by atoms with Crippen LogP contribution >= 0.6 is 8.38 Å². The van der Waals surface area contributed by atoms with Crippen LogP contribution in [-0.2, 0) is 25.1 Å². The fourth-order valence-electron chi connectivity index (χ4n) is 1.50. The largest absolute Gasteiger partial charge is 0.481 e. The van der Waals surface area contributed by atoms with E-state index < -0.39 is 26.0 Å². The Morgan fingerprint density at radius 3 is 2.20 bits per heavy atom. The van der Waals surface area contributed by atoms with Crippen LogP contribution in [-0.4, -0.2) is 45.8 Å². The molecule has 10 heteroatoms. The fraction of sp³-hybridized carbons (Fsp3) is 0.667. The van der Waals surface area contributed by atoms with Gasteiger partial charge in [-0.2, -0.15) is 5.10 Å². The standard InChI is InChI=1S/C10H17N2O4P.C5H11NO2/c1-3-15-17(16-4-2)9-7-11-12(8-9)6-5-10(13)14;1-5(2,3)8-4(6)7/h7-8H,3-6H2,1-2H3,(H,13,14);1-3H3,(H2,6,7). The van der Waals surface area contributed by atoms with E-state index in [4.69, 9.17) is 19.9 Å². The summed E-state index contributed by atoms with van der Waals surface area (Å²) in [6.45, 7) is 10.6. The summed E-state index contributed by atoms with van der Waals surface area (Å²) in [6, 6.07) is 0. The van der Waals surface area contributed by atoms with Crippen LogP contribution in [0.4, 0.5) is 4.79 Å². The van der Waals surface area contributed by atoms with E-state index in [0.29, 0.717) is 19.8 Å². The summed E-state index contributed by atoms with van der Waals surface area (Å²) in [6.07, 6.45) is 2.78. The van der Waals surface area contributed by atoms with Gasteiger partial charge in [0.25, 0.3) is 0 Å². The SMILES string of the molecule is CC(C)(C)OC(N)=O.CCOP(OCC)c1cnn(CCC(=O)O)c1. The zero-order chi connectivity index (χ0) is 19.5. The maximum atomic E-state index is 10.4. The molecule has 144 valence electrons. The summed E-state index contributed by atoms with van der Waals surface area (Å²) in [7, 11) is -1.09. The Labute approximate surface area is 149 Å². The normalized spacial score (nSPS) is 11.0. The number of primary amides is 1. The lowest BCUT2D eigenvalue weighted by atomic mass is 10.2. The first-order chi connectivity index (χ1) is 11.6. The monoisotopic (exact) mass is 377 g/mol. The highest BCUT2D eigenvalue weighted by Crippen LogP contribution is 2.36. The number of aryl methyl sites for hydroxylation is 1. The zero-order valence-corrected chi connectivity index (χ0v) is 16.3. The molecule has 0 spiro atoms. The van der Waals surface area contributed by atoms with Gasteiger partial charge in [0.2, 0.25) is 8.38 Å². The number of aromatic nitrogens is 2. The molecule has 1 aromatic rings. The summed E-state index contributed by atoms with van der Waals surface area (Å²) < 4.78 is 17.1. The number of carbonyl (C=O) groups is 2. The highest BCUT2D eigenvalue weighted by Gasteiger charge is 2.15. The minimum atomic E-state index is -1.09. The topological polar surface area (TPSA) is 126 Å². The Morgan fingerprint density at radius 1 is 1.28 bits per heavy atom. The average Bonchev–Trinajstić information content (AvgIpc) is 2.91. The Morgan fingerprint density at radius 2 is 1.84 bits per heavy atom. The molecule has 0 aromatic carbocycles. The van der Waals surface area contributed by atoms with Gasteiger partial charge in [0.05, 0.1) is 37.7 Å². The molecular weight excluding hydrogens is 349 g/mol. The molecule has 1 aromatic heterocycles. The van der Waals surface area contributed by atoms with Gasteiger partial charge in [-0.3, -0.25) is 9.48 Å². The minimum Gasteiger partial charge on any atom is -0.481 e. The number of carbonyl (C=O) groups excluding carboxylic acids is 1. The second-order valence-electron chi connectivity index (χ2n) is 5.73. The predicted molar refractivity (Wildman–Crippen MR) is 94.7 cm³/mol. The number of carboxylic acids is 1. The molecule has 25 heavy (non-hydrogen) atoms. The number of rotatable bonds is 8. The smallest absolute Gasteiger partial charge is 0.405 e. The molecule has 0 atom stereocenters. The second-order valence-corrected chi connectivity index (χ2v) is 7.28. The molecule has 0 saturated carbocycles. The van der Waals surface area contributed by atoms with Crippen molar-refractivity contribution in [2.24, 2.45) is 5.73 Å². The van der Waals surface area contributed by atoms with Gasteiger partial charge in [0, 0.05) is 6.20 Å². The highest BCUT2D eigenvalue weighted by molar-refractivity contribution is 7.55. The van der Waals surface area contributed by atoms with Crippen LogP contribution in [0.25, 0.3) is 0 Å². The molecule has 0 bridgehead atoms. The first-order valence-corrected chi connectivity index (χ1v) is 9.05. The quantitative estimate of drug-likeness (QED) is 0.665. The minimum absolute atomic E-state index is 0.0579. The lowest BCUT2D eigenvalue weighted by molar-refractivity contribution is -0.137. The van der Waals surface area contributed by atoms with Crippen molar-refractivity contribution in [3.63, 3.8) is 0 Å². The van der Waals surface area contributed by atoms with Crippen LogP contribution in [0.15, 0.2) is 12.4 Å². The maximum absolute atomic E-state index is 10.4. The molecule has 1 amide bonds. The van der Waals surface area contributed by atoms with E-state index in [-0.39, 0.29) is 6.42 Å². The van der Waals surface area contributed by atoms with E-state index in [1.54, 1.807) is 37.8 Å². The molecule has 0 aliphatic carbocycles. The summed E-state index contributed by atoms with van der Waals surface area (Å²) in [5.41, 5.74) is 4.26. The van der Waals surface area contributed by atoms with Crippen LogP contribution < -0.4 is 11.0 Å². The summed E-state index contributed by atoms with van der Waals surface area (Å²) in [5.74, 6) is -0.834. The Balaban J connectivity index is 0.000000609. The van der Waals surface area contributed by atoms with Crippen molar-refractivity contribution in [3.8, 4) is 0 Å². The van der Waals surface area contributed by atoms with Crippen LogP contribution in [0.2, 0.25) is 0 Å². The summed E-state index contributed by atoms with van der Waals surface area (Å²) in [4.78, 5) is 20.4. The van der Waals surface area contributed by atoms with E-state index in [0.717, 1.165) is 5.30 Å². The van der Waals surface area contributed by atoms with Crippen molar-refractivity contribution in [2.75, 3.05) is 13.2 Å². The number of ether oxygens (including phenoxy) is 1. The van der Waals surface area contributed by atoms with Crippen molar-refractivity contribution in [2.45, 2.75) is 53.2 Å². The highest BCUT2D eigenvalue weighted by atomic mass is 31.2. The third kappa shape index (κ3) is 12.3. The van der Waals surface area contributed by atoms with Gasteiger partial charge in [0.15, 0.2) is 0 Å². The number of carboxylic acid groups (broad SMARTS) is 1. The van der Waals surface area contributed by atoms with Crippen molar-refractivity contribution in [1.82, 2.24) is 9.78 Å². The molecule has 0 fully saturated rings. The summed E-state index contributed by atoms with van der Waals surface area (Å²) in [5, 5.41) is 13.5. The first-order valence-electron chi connectivity index (χ1n) is 7.87. The van der Waals surface area contributed by atoms with Crippen LogP contribution in [0.5, 0.6) is 0 Å². The molecule has 0 radical (unpaired) electrons. The van der Waals surface area contributed by atoms with Gasteiger partial charge in [-0.1, -0.05) is 0 Å². The number of hydrogen-bond donors (Lipinski definition) is 2. The molecular formula is C15H28N3O6P. The van der Waals surface area contributed by atoms with E-state index in [1.165, 1.54) is 0 Å². The van der Waals surface area contributed by atoms with Gasteiger partial charge in [-0.15, -0.1) is 0 Å². The van der Waals surface area contributed by atoms with Gasteiger partial charge in [-0.25, -0.2) is 4.79 Å². The average molecular weight is 377 g/mol. The molecule has 1 heterocycles. The van der Waals surface area contributed by atoms with Gasteiger partial charge >= 0.3 is 12.1 Å². The van der Waals surface area contributed by atoms with Gasteiger partial charge in [0.1, 0.15) is 5.60 Å². The maximum Gasteiger partial charge on any atom is 0.405 e. The molecule has 0 unspecified atom stereocenters. The summed E-state index contributed by atoms with van der Waals surface area (Å²) >= 11 is 0. The Kier molecular flexibility index (Phi) is 11.0. The predicted octanol–water partition coefficient (Wildman–Crippen LogP) is 2.25. The third-order valence-electron chi connectivity index (χ3n) is 2.28. The van der Waals surface area contributed by atoms with Gasteiger partial charge < -0.3 is 24.6 Å². The van der Waals surface area contributed by atoms with E-state index in [9.17, 15) is 9.59 Å². The van der Waals surface area contributed by atoms with Crippen molar-refractivity contribution < 1.29 is 28.5 Å². The van der Waals surface area contributed by atoms with Crippen molar-refractivity contribution in [1.29, 1.82) is 0 Å². The van der Waals surface area contributed by atoms with Crippen LogP contribution in [0, 0.1) is 0 Å². The Hall–Kier alpha value is -1.70. The second kappa shape index (κ2) is 11.8. The van der Waals surface area contributed by atoms with E-state index in [1.807, 2.05) is 13.8 Å². The molecule has 0 aliphatic rings. The van der Waals surface area contributed by atoms with Crippen LogP contribution in [0.1, 0.15) is 41.0 Å². The molecule has 9 nitrogen and oxygen atoms in total. The number of nitrogens with zero attached hydrogens (tertiary/aromatic N) is 2. The van der Waals surface area contributed by atoms with Crippen molar-refractivity contribution >= 4 is 25.7 Å². The van der Waals surface area contributed by atoms with E-state index in [2.05, 4.69) is 9.84 Å². The molecule has 3 N–H and O–H groups in total. The lowest BCUT2D eigenvalue weighted by Crippen LogP contribution is -2.27. The third-order valence-corrected chi connectivity index (χ3v) is 3.92. The molecule has 0 saturated heterocycles. The lowest BCUT2D eigenvalue weighted by Gasteiger charge is -2.16. The van der Waals surface area contributed by atoms with Crippen molar-refractivity contribution in [3.05, 3.63) is 12.4 Å². The fourth-order valence-corrected chi connectivity index (χ4v) is 2.72. The Bertz CT molecular complexity index is 524. The molecule has 0 aliphatic heterocycles. The zero-order valence-electron chi connectivity index (χ0n) is 15.4. The molecule has 1 rings (SSSR count). The number of amides is 1. The number of hydrogen-bond acceptors (Lipinski definition) is 6.